The van der Waals surface area contributed by atoms with Crippen molar-refractivity contribution in [3.05, 3.63) is 40.1 Å². The topological polar surface area (TPSA) is 64.3 Å². The van der Waals surface area contributed by atoms with Crippen LogP contribution in [0.1, 0.15) is 15.7 Å². The normalized spacial score (nSPS) is 16.3. The minimum atomic E-state index is -0.161. The number of ether oxygens (including phenoxy) is 1. The van der Waals surface area contributed by atoms with Gasteiger partial charge in [-0.1, -0.05) is 0 Å². The number of nitrogens with two attached hydrogens (primary N) is 1. The maximum Gasteiger partial charge on any atom is 0.242 e. The quantitative estimate of drug-likeness (QED) is 0.822. The number of carbonyl (C=O) groups excluding carboxylic acids is 1. The number of halogens is 1. The molecule has 22 heavy (non-hydrogen) atoms. The lowest BCUT2D eigenvalue weighted by Crippen LogP contribution is -2.22. The fourth-order valence-electron chi connectivity index (χ4n) is 2.33. The van der Waals surface area contributed by atoms with E-state index in [1.807, 2.05) is 6.07 Å². The summed E-state index contributed by atoms with van der Waals surface area (Å²) in [5.74, 6) is 1.62. The summed E-state index contributed by atoms with van der Waals surface area (Å²) in [7, 11) is 1.59. The van der Waals surface area contributed by atoms with Gasteiger partial charge in [0.1, 0.15) is 11.0 Å². The molecule has 1 amide bonds. The first-order valence-electron chi connectivity index (χ1n) is 6.61. The number of hydrogen-bond acceptors (Lipinski definition) is 5. The smallest absolute Gasteiger partial charge is 0.242 e. The molecule has 0 spiro atoms. The molecule has 1 unspecified atom stereocenters. The third kappa shape index (κ3) is 3.34. The summed E-state index contributed by atoms with van der Waals surface area (Å²) in [4.78, 5) is 13.9. The Balaban J connectivity index is 0.00000176. The molecule has 1 aromatic carbocycles. The van der Waals surface area contributed by atoms with E-state index in [0.717, 1.165) is 17.7 Å². The number of amides is 1. The van der Waals surface area contributed by atoms with Crippen molar-refractivity contribution in [1.29, 1.82) is 0 Å². The monoisotopic (exact) mass is 356 g/mol. The van der Waals surface area contributed by atoms with E-state index in [2.05, 4.69) is 10.7 Å². The zero-order chi connectivity index (χ0) is 14.8. The molecular weight excluding hydrogens is 340 g/mol. The van der Waals surface area contributed by atoms with Crippen LogP contribution in [0.5, 0.6) is 5.75 Å². The zero-order valence-electron chi connectivity index (χ0n) is 12.0. The van der Waals surface area contributed by atoms with Crippen molar-refractivity contribution in [3.63, 3.8) is 0 Å². The van der Waals surface area contributed by atoms with Crippen molar-refractivity contribution in [3.8, 4) is 5.75 Å². The van der Waals surface area contributed by atoms with Crippen LogP contribution in [0.3, 0.4) is 0 Å². The molecule has 118 valence electrons. The Morgan fingerprint density at radius 2 is 2.23 bits per heavy atom. The van der Waals surface area contributed by atoms with E-state index in [9.17, 15) is 4.79 Å². The number of thiophene rings is 1. The number of nitrogens with one attached hydrogen (secondary N) is 1. The lowest BCUT2D eigenvalue weighted by Gasteiger charge is -2.22. The molecule has 3 N–H and O–H groups in total. The summed E-state index contributed by atoms with van der Waals surface area (Å²) >= 11 is 3.40. The van der Waals surface area contributed by atoms with E-state index in [4.69, 9.17) is 10.5 Å². The summed E-state index contributed by atoms with van der Waals surface area (Å²) < 4.78 is 5.17. The molecule has 1 aliphatic rings. The number of aryl methyl sites for hydroxylation is 1. The Kier molecular flexibility index (Phi) is 5.61. The lowest BCUT2D eigenvalue weighted by molar-refractivity contribution is -0.115. The number of carbonyl (C=O) groups is 1. The van der Waals surface area contributed by atoms with Crippen LogP contribution in [0.15, 0.2) is 29.6 Å². The van der Waals surface area contributed by atoms with Crippen LogP contribution < -0.4 is 15.8 Å². The minimum absolute atomic E-state index is 0. The molecular formula is C15H17ClN2O2S2. The van der Waals surface area contributed by atoms with Gasteiger partial charge in [0, 0.05) is 10.9 Å². The van der Waals surface area contributed by atoms with Crippen molar-refractivity contribution in [2.45, 2.75) is 11.7 Å². The first-order chi connectivity index (χ1) is 10.2. The van der Waals surface area contributed by atoms with Crippen LogP contribution in [0.4, 0.5) is 11.4 Å². The molecule has 1 atom stereocenters. The summed E-state index contributed by atoms with van der Waals surface area (Å²) in [5.41, 5.74) is 8.19. The summed E-state index contributed by atoms with van der Waals surface area (Å²) in [5, 5.41) is 4.82. The number of thioether (sulfide) groups is 1. The van der Waals surface area contributed by atoms with Crippen molar-refractivity contribution < 1.29 is 9.53 Å². The van der Waals surface area contributed by atoms with Gasteiger partial charge in [-0.15, -0.1) is 35.5 Å². The first kappa shape index (κ1) is 17.0. The molecule has 7 heteroatoms. The van der Waals surface area contributed by atoms with Gasteiger partial charge in [-0.2, -0.15) is 0 Å². The van der Waals surface area contributed by atoms with Crippen LogP contribution in [0.2, 0.25) is 0 Å². The molecule has 0 fully saturated rings. The maximum absolute atomic E-state index is 12.6. The van der Waals surface area contributed by atoms with E-state index in [-0.39, 0.29) is 23.6 Å². The summed E-state index contributed by atoms with van der Waals surface area (Å²) in [6, 6.07) is 7.30. The largest absolute Gasteiger partial charge is 0.497 e. The Hall–Kier alpha value is -1.37. The number of anilines is 2. The maximum atomic E-state index is 12.6. The lowest BCUT2D eigenvalue weighted by atomic mass is 10.1. The Labute approximate surface area is 143 Å². The number of nitrogen functional groups attached to an aromatic ring is 1. The molecule has 1 aliphatic heterocycles. The van der Waals surface area contributed by atoms with Crippen LogP contribution in [0.25, 0.3) is 0 Å². The Bertz CT molecular complexity index is 675. The molecule has 1 aromatic heterocycles. The number of benzene rings is 1. The highest BCUT2D eigenvalue weighted by Gasteiger charge is 2.28. The molecule has 2 heterocycles. The molecule has 3 rings (SSSR count). The second kappa shape index (κ2) is 7.26. The minimum Gasteiger partial charge on any atom is -0.497 e. The second-order valence-corrected chi connectivity index (χ2v) is 6.96. The fourth-order valence-corrected chi connectivity index (χ4v) is 4.63. The Morgan fingerprint density at radius 1 is 1.41 bits per heavy atom. The van der Waals surface area contributed by atoms with Crippen LogP contribution in [-0.2, 0) is 11.2 Å². The second-order valence-electron chi connectivity index (χ2n) is 4.74. The van der Waals surface area contributed by atoms with Crippen molar-refractivity contribution in [1.82, 2.24) is 0 Å². The van der Waals surface area contributed by atoms with E-state index >= 15 is 0 Å². The standard InChI is InChI=1S/C15H16N2O2S2.ClH/c1-19-9-2-3-11(16)12(8-9)17-15(18)14-10-4-6-20-13(10)5-7-21-14;/h2-4,6,8,14H,5,7,16H2,1H3,(H,17,18);1H. The zero-order valence-corrected chi connectivity index (χ0v) is 14.4. The highest BCUT2D eigenvalue weighted by molar-refractivity contribution is 8.00. The van der Waals surface area contributed by atoms with Crippen molar-refractivity contribution in [2.24, 2.45) is 0 Å². The third-order valence-corrected chi connectivity index (χ3v) is 5.67. The van der Waals surface area contributed by atoms with Crippen LogP contribution in [0, 0.1) is 0 Å². The van der Waals surface area contributed by atoms with Crippen molar-refractivity contribution >= 4 is 52.8 Å². The van der Waals surface area contributed by atoms with Gasteiger partial charge in [0.05, 0.1) is 18.5 Å². The van der Waals surface area contributed by atoms with Gasteiger partial charge in [-0.05, 0) is 41.3 Å². The van der Waals surface area contributed by atoms with E-state index in [1.54, 1.807) is 48.4 Å². The van der Waals surface area contributed by atoms with Gasteiger partial charge in [-0.25, -0.2) is 0 Å². The van der Waals surface area contributed by atoms with E-state index in [1.165, 1.54) is 4.88 Å². The van der Waals surface area contributed by atoms with E-state index < -0.39 is 0 Å². The predicted octanol–water partition coefficient (Wildman–Crippen LogP) is 3.73. The third-order valence-electron chi connectivity index (χ3n) is 3.43. The van der Waals surface area contributed by atoms with Gasteiger partial charge in [0.25, 0.3) is 0 Å². The first-order valence-corrected chi connectivity index (χ1v) is 8.54. The average molecular weight is 357 g/mol. The molecule has 0 radical (unpaired) electrons. The van der Waals surface area contributed by atoms with Crippen LogP contribution >= 0.6 is 35.5 Å². The SMILES string of the molecule is COc1ccc(N)c(NC(=O)C2SCCc3sccc32)c1.Cl. The molecule has 4 nitrogen and oxygen atoms in total. The van der Waals surface area contributed by atoms with Gasteiger partial charge < -0.3 is 15.8 Å². The number of fused-ring (bicyclic) bond motifs is 1. The average Bonchev–Trinajstić information content (AvgIpc) is 2.97. The highest BCUT2D eigenvalue weighted by atomic mass is 35.5. The molecule has 0 saturated heterocycles. The Morgan fingerprint density at radius 3 is 3.00 bits per heavy atom. The number of methoxy groups -OCH3 is 1. The molecule has 0 aliphatic carbocycles. The number of rotatable bonds is 3. The van der Waals surface area contributed by atoms with Gasteiger partial charge in [-0.3, -0.25) is 4.79 Å². The van der Waals surface area contributed by atoms with Gasteiger partial charge in [0.2, 0.25) is 5.91 Å². The highest BCUT2D eigenvalue weighted by Crippen LogP contribution is 2.40. The van der Waals surface area contributed by atoms with Gasteiger partial charge in [0.15, 0.2) is 0 Å². The van der Waals surface area contributed by atoms with Crippen LogP contribution in [-0.4, -0.2) is 18.8 Å². The molecule has 0 saturated carbocycles. The fraction of sp³-hybridized carbons (Fsp3) is 0.267. The summed E-state index contributed by atoms with van der Waals surface area (Å²) in [6.07, 6.45) is 1.04. The van der Waals surface area contributed by atoms with Crippen molar-refractivity contribution in [2.75, 3.05) is 23.9 Å². The van der Waals surface area contributed by atoms with E-state index in [0.29, 0.717) is 17.1 Å². The number of hydrogen-bond donors (Lipinski definition) is 2. The van der Waals surface area contributed by atoms with Gasteiger partial charge >= 0.3 is 0 Å². The predicted molar refractivity (Wildman–Crippen MR) is 96.5 cm³/mol. The molecule has 2 aromatic rings. The summed E-state index contributed by atoms with van der Waals surface area (Å²) in [6.45, 7) is 0. The molecule has 0 bridgehead atoms.